The smallest absolute Gasteiger partial charge is 0.382 e. The topological polar surface area (TPSA) is 183 Å². The molecule has 0 aliphatic heterocycles. The maximum Gasteiger partial charge on any atom is 0.466 e. The minimum Gasteiger partial charge on any atom is -0.382 e. The number of aromatic nitrogens is 2. The Labute approximate surface area is 117 Å². The second-order valence-electron chi connectivity index (χ2n) is 3.54. The minimum absolute atomic E-state index is 0.113. The van der Waals surface area contributed by atoms with Gasteiger partial charge in [-0.1, -0.05) is 12.1 Å². The number of hydrogen-bond acceptors (Lipinski definition) is 6. The first-order valence-corrected chi connectivity index (χ1v) is 6.79. The van der Waals surface area contributed by atoms with Crippen LogP contribution < -0.4 is 11.5 Å². The van der Waals surface area contributed by atoms with Crippen LogP contribution in [0, 0.1) is 5.82 Å². The van der Waals surface area contributed by atoms with Gasteiger partial charge in [0.05, 0.1) is 0 Å². The van der Waals surface area contributed by atoms with Gasteiger partial charge in [0.25, 0.3) is 0 Å². The van der Waals surface area contributed by atoms with E-state index in [1.807, 2.05) is 0 Å². The molecule has 2 rings (SSSR count). The predicted octanol–water partition coefficient (Wildman–Crippen LogP) is 1.20. The van der Waals surface area contributed by atoms with Gasteiger partial charge in [-0.2, -0.15) is 5.10 Å². The summed E-state index contributed by atoms with van der Waals surface area (Å²) >= 11 is 0. The van der Waals surface area contributed by atoms with E-state index < -0.39 is 13.6 Å². The third-order valence-electron chi connectivity index (χ3n) is 1.90. The van der Waals surface area contributed by atoms with E-state index in [1.54, 1.807) is 12.1 Å². The van der Waals surface area contributed by atoms with Gasteiger partial charge in [0.2, 0.25) is 0 Å². The maximum atomic E-state index is 13.2. The molecule has 10 nitrogen and oxygen atoms in total. The normalized spacial score (nSPS) is 11.2. The van der Waals surface area contributed by atoms with E-state index in [1.165, 1.54) is 12.1 Å². The molecule has 0 unspecified atom stereocenters. The molecule has 8 N–H and O–H groups in total. The van der Waals surface area contributed by atoms with E-state index in [9.17, 15) is 4.39 Å². The predicted molar refractivity (Wildman–Crippen MR) is 72.3 cm³/mol. The highest BCUT2D eigenvalue weighted by molar-refractivity contribution is 7.45. The Morgan fingerprint density at radius 1 is 1.19 bits per heavy atom. The Kier molecular flexibility index (Phi) is 5.50. The number of phosphoric acid groups is 1. The van der Waals surface area contributed by atoms with Gasteiger partial charge in [0.1, 0.15) is 11.5 Å². The van der Waals surface area contributed by atoms with Crippen molar-refractivity contribution >= 4 is 30.8 Å². The zero-order chi connectivity index (χ0) is 16.0. The van der Waals surface area contributed by atoms with Crippen LogP contribution in [0.3, 0.4) is 0 Å². The Bertz CT molecular complexity index is 657. The average molecular weight is 318 g/mol. The van der Waals surface area contributed by atoms with Crippen LogP contribution >= 0.6 is 7.82 Å². The molecule has 0 bridgehead atoms. The van der Waals surface area contributed by atoms with E-state index in [2.05, 4.69) is 20.4 Å². The largest absolute Gasteiger partial charge is 0.466 e. The van der Waals surface area contributed by atoms with E-state index in [0.29, 0.717) is 0 Å². The first-order chi connectivity index (χ1) is 9.68. The summed E-state index contributed by atoms with van der Waals surface area (Å²) in [5, 5.41) is 13.5. The summed E-state index contributed by atoms with van der Waals surface area (Å²) in [6, 6.07) is 6.00. The van der Waals surface area contributed by atoms with Crippen molar-refractivity contribution in [2.45, 2.75) is 0 Å². The summed E-state index contributed by atoms with van der Waals surface area (Å²) < 4.78 is 22.1. The molecule has 0 spiro atoms. The number of nitrogens with two attached hydrogens (primary N) is 2. The number of H-pyrrole nitrogens is 1. The minimum atomic E-state index is -4.64. The first kappa shape index (κ1) is 16.7. The summed E-state index contributed by atoms with van der Waals surface area (Å²) in [7, 11) is -4.64. The second kappa shape index (κ2) is 6.90. The molecular weight excluding hydrogens is 306 g/mol. The van der Waals surface area contributed by atoms with Crippen LogP contribution in [0.1, 0.15) is 0 Å². The van der Waals surface area contributed by atoms with Crippen LogP contribution in [0.2, 0.25) is 0 Å². The molecule has 21 heavy (non-hydrogen) atoms. The van der Waals surface area contributed by atoms with Crippen molar-refractivity contribution in [1.29, 1.82) is 0 Å². The number of hydrogen-bond donors (Lipinski definition) is 6. The lowest BCUT2D eigenvalue weighted by Crippen LogP contribution is -1.84. The molecule has 2 aromatic rings. The van der Waals surface area contributed by atoms with Crippen LogP contribution in [0.15, 0.2) is 34.5 Å². The van der Waals surface area contributed by atoms with E-state index in [-0.39, 0.29) is 23.0 Å². The van der Waals surface area contributed by atoms with Crippen LogP contribution in [0.4, 0.5) is 27.4 Å². The Morgan fingerprint density at radius 2 is 1.76 bits per heavy atom. The molecular formula is C9H12FN6O4P. The van der Waals surface area contributed by atoms with Crippen molar-refractivity contribution in [1.82, 2.24) is 10.2 Å². The van der Waals surface area contributed by atoms with Gasteiger partial charge >= 0.3 is 7.82 Å². The number of rotatable bonds is 2. The molecule has 0 aliphatic rings. The summed E-state index contributed by atoms with van der Waals surface area (Å²) in [6.45, 7) is 0. The molecule has 0 fully saturated rings. The molecule has 0 atom stereocenters. The zero-order valence-electron chi connectivity index (χ0n) is 10.4. The average Bonchev–Trinajstić information content (AvgIpc) is 2.66. The number of nitrogen functional groups attached to an aromatic ring is 2. The van der Waals surface area contributed by atoms with E-state index in [4.69, 9.17) is 30.7 Å². The molecule has 114 valence electrons. The lowest BCUT2D eigenvalue weighted by Gasteiger charge is -1.94. The number of azo groups is 1. The van der Waals surface area contributed by atoms with Crippen molar-refractivity contribution in [3.63, 3.8) is 0 Å². The van der Waals surface area contributed by atoms with Crippen molar-refractivity contribution < 1.29 is 23.6 Å². The third kappa shape index (κ3) is 6.10. The number of nitrogens with zero attached hydrogens (tertiary/aromatic N) is 3. The van der Waals surface area contributed by atoms with Crippen molar-refractivity contribution in [2.75, 3.05) is 11.5 Å². The fourth-order valence-electron chi connectivity index (χ4n) is 1.11. The molecule has 0 saturated heterocycles. The van der Waals surface area contributed by atoms with Gasteiger partial charge < -0.3 is 26.1 Å². The van der Waals surface area contributed by atoms with Gasteiger partial charge in [0, 0.05) is 0 Å². The molecule has 1 aromatic heterocycles. The third-order valence-corrected chi connectivity index (χ3v) is 1.90. The number of halogens is 1. The van der Waals surface area contributed by atoms with Crippen LogP contribution in [0.5, 0.6) is 0 Å². The Balaban J connectivity index is 0.000000383. The fraction of sp³-hybridized carbons (Fsp3) is 0. The lowest BCUT2D eigenvalue weighted by atomic mass is 10.3. The molecule has 0 saturated carbocycles. The summed E-state index contributed by atoms with van der Waals surface area (Å²) in [6.07, 6.45) is 0. The quantitative estimate of drug-likeness (QED) is 0.355. The van der Waals surface area contributed by atoms with Gasteiger partial charge in [0.15, 0.2) is 17.3 Å². The van der Waals surface area contributed by atoms with Gasteiger partial charge in [-0.25, -0.2) is 8.96 Å². The standard InChI is InChI=1S/C9H9FN6.H3O4P/c10-5-3-1-2-4-6(5)13-14-7-8(11)15-16-9(7)12;1-5(2,3)4/h1-4H,(H5,11,12,15,16);(H3,1,2,3,4). The van der Waals surface area contributed by atoms with Crippen molar-refractivity contribution in [3.05, 3.63) is 30.1 Å². The van der Waals surface area contributed by atoms with Crippen molar-refractivity contribution in [3.8, 4) is 0 Å². The molecule has 12 heteroatoms. The number of nitrogens with one attached hydrogen (secondary N) is 1. The Hall–Kier alpha value is -2.33. The van der Waals surface area contributed by atoms with Gasteiger partial charge in [-0.05, 0) is 12.1 Å². The molecule has 0 amide bonds. The lowest BCUT2D eigenvalue weighted by molar-refractivity contribution is 0.275. The second-order valence-corrected chi connectivity index (χ2v) is 4.56. The fourth-order valence-corrected chi connectivity index (χ4v) is 1.11. The summed E-state index contributed by atoms with van der Waals surface area (Å²) in [4.78, 5) is 21.6. The highest BCUT2D eigenvalue weighted by atomic mass is 31.2. The Morgan fingerprint density at radius 3 is 2.24 bits per heavy atom. The molecule has 1 aromatic carbocycles. The zero-order valence-corrected chi connectivity index (χ0v) is 11.3. The summed E-state index contributed by atoms with van der Waals surface area (Å²) in [5.74, 6) is -0.151. The highest BCUT2D eigenvalue weighted by Gasteiger charge is 2.07. The van der Waals surface area contributed by atoms with Gasteiger partial charge in [-0.15, -0.1) is 10.2 Å². The molecule has 0 radical (unpaired) electrons. The van der Waals surface area contributed by atoms with E-state index in [0.717, 1.165) is 0 Å². The van der Waals surface area contributed by atoms with Crippen LogP contribution in [-0.2, 0) is 4.57 Å². The van der Waals surface area contributed by atoms with Gasteiger partial charge in [-0.3, -0.25) is 5.10 Å². The van der Waals surface area contributed by atoms with E-state index >= 15 is 0 Å². The maximum absolute atomic E-state index is 13.2. The number of aromatic amines is 1. The first-order valence-electron chi connectivity index (χ1n) is 5.22. The number of benzene rings is 1. The monoisotopic (exact) mass is 318 g/mol. The SMILES string of the molecule is Nc1n[nH]c(N)c1N=Nc1ccccc1F.O=P(O)(O)O. The molecule has 1 heterocycles. The summed E-state index contributed by atoms with van der Waals surface area (Å²) in [5.41, 5.74) is 11.3. The number of anilines is 2. The molecule has 0 aliphatic carbocycles. The van der Waals surface area contributed by atoms with Crippen LogP contribution in [-0.4, -0.2) is 24.9 Å². The van der Waals surface area contributed by atoms with Crippen molar-refractivity contribution in [2.24, 2.45) is 10.2 Å². The van der Waals surface area contributed by atoms with Crippen LogP contribution in [0.25, 0.3) is 0 Å². The highest BCUT2D eigenvalue weighted by Crippen LogP contribution is 2.28.